The van der Waals surface area contributed by atoms with Crippen LogP contribution in [0, 0.1) is 12.8 Å². The number of aromatic nitrogens is 1. The van der Waals surface area contributed by atoms with Crippen LogP contribution < -0.4 is 4.80 Å². The van der Waals surface area contributed by atoms with Crippen molar-refractivity contribution in [1.29, 1.82) is 0 Å². The van der Waals surface area contributed by atoms with Gasteiger partial charge in [-0.15, -0.1) is 11.3 Å². The van der Waals surface area contributed by atoms with Crippen LogP contribution >= 0.6 is 11.3 Å². The Morgan fingerprint density at radius 2 is 1.73 bits per heavy atom. The van der Waals surface area contributed by atoms with Gasteiger partial charge in [-0.3, -0.25) is 0 Å². The van der Waals surface area contributed by atoms with Crippen LogP contribution in [0.25, 0.3) is 11.3 Å². The maximum Gasteiger partial charge on any atom is 0.243 e. The predicted molar refractivity (Wildman–Crippen MR) is 133 cm³/mol. The van der Waals surface area contributed by atoms with Crippen LogP contribution in [0.5, 0.6) is 0 Å². The second-order valence-corrected chi connectivity index (χ2v) is 11.4. The van der Waals surface area contributed by atoms with Crippen molar-refractivity contribution in [2.75, 3.05) is 26.8 Å². The molecule has 0 radical (unpaired) electrons. The topological polar surface area (TPSA) is 63.9 Å². The Morgan fingerprint density at radius 1 is 1.06 bits per heavy atom. The summed E-state index contributed by atoms with van der Waals surface area (Å²) < 4.78 is 35.2. The Bertz CT molecular complexity index is 1240. The average Bonchev–Trinajstić information content (AvgIpc) is 3.21. The van der Waals surface area contributed by atoms with E-state index in [9.17, 15) is 8.42 Å². The number of piperidine rings is 1. The molecule has 6 nitrogen and oxygen atoms in total. The fraction of sp³-hybridized carbons (Fsp3) is 0.400. The van der Waals surface area contributed by atoms with Crippen molar-refractivity contribution in [2.45, 2.75) is 38.1 Å². The fourth-order valence-electron chi connectivity index (χ4n) is 3.95. The van der Waals surface area contributed by atoms with E-state index in [1.165, 1.54) is 5.56 Å². The Balaban J connectivity index is 1.65. The second kappa shape index (κ2) is 10.3. The molecule has 4 rings (SSSR count). The van der Waals surface area contributed by atoms with Crippen LogP contribution in [0.15, 0.2) is 63.8 Å². The SMILES string of the molecule is COCCn1c(-c2ccc(S(=O)(=O)N3CCC(C)CC3)cc2)csc1=Nc1ccc(C)cc1. The van der Waals surface area contributed by atoms with E-state index in [1.807, 2.05) is 24.3 Å². The minimum atomic E-state index is -3.46. The number of rotatable bonds is 7. The molecule has 1 aliphatic rings. The highest BCUT2D eigenvalue weighted by molar-refractivity contribution is 7.89. The van der Waals surface area contributed by atoms with E-state index >= 15 is 0 Å². The second-order valence-electron chi connectivity index (χ2n) is 8.61. The standard InChI is InChI=1S/C25H31N3O3S2/c1-19-4-8-22(9-5-19)26-25-28(16-17-31-3)24(18-32-25)21-6-10-23(11-7-21)33(29,30)27-14-12-20(2)13-15-27/h4-11,18,20H,12-17H2,1-3H3. The van der Waals surface area contributed by atoms with Gasteiger partial charge in [0.2, 0.25) is 10.0 Å². The summed E-state index contributed by atoms with van der Waals surface area (Å²) in [6.45, 7) is 6.64. The Kier molecular flexibility index (Phi) is 7.48. The number of hydrogen-bond donors (Lipinski definition) is 0. The number of hydrogen-bond acceptors (Lipinski definition) is 5. The maximum absolute atomic E-state index is 13.1. The van der Waals surface area contributed by atoms with Crippen LogP contribution in [-0.4, -0.2) is 44.1 Å². The molecule has 176 valence electrons. The van der Waals surface area contributed by atoms with Gasteiger partial charge in [0.05, 0.1) is 22.9 Å². The number of benzene rings is 2. The number of aryl methyl sites for hydroxylation is 1. The monoisotopic (exact) mass is 485 g/mol. The normalized spacial score (nSPS) is 16.4. The van der Waals surface area contributed by atoms with Crippen LogP contribution in [0.2, 0.25) is 0 Å². The van der Waals surface area contributed by atoms with Gasteiger partial charge in [-0.2, -0.15) is 4.31 Å². The molecule has 0 amide bonds. The van der Waals surface area contributed by atoms with E-state index in [0.717, 1.165) is 34.6 Å². The third kappa shape index (κ3) is 5.46. The molecule has 0 unspecified atom stereocenters. The largest absolute Gasteiger partial charge is 0.383 e. The smallest absolute Gasteiger partial charge is 0.243 e. The minimum Gasteiger partial charge on any atom is -0.383 e. The Hall–Kier alpha value is -2.26. The van der Waals surface area contributed by atoms with Crippen molar-refractivity contribution < 1.29 is 13.2 Å². The first-order chi connectivity index (χ1) is 15.9. The molecule has 2 aromatic carbocycles. The number of thiazole rings is 1. The van der Waals surface area contributed by atoms with Gasteiger partial charge in [-0.1, -0.05) is 36.8 Å². The van der Waals surface area contributed by atoms with E-state index in [0.29, 0.717) is 37.1 Å². The van der Waals surface area contributed by atoms with Gasteiger partial charge in [0, 0.05) is 32.1 Å². The summed E-state index contributed by atoms with van der Waals surface area (Å²) in [6, 6.07) is 15.3. The van der Waals surface area contributed by atoms with E-state index < -0.39 is 10.0 Å². The lowest BCUT2D eigenvalue weighted by molar-refractivity contribution is 0.187. The van der Waals surface area contributed by atoms with Crippen molar-refractivity contribution in [1.82, 2.24) is 8.87 Å². The number of methoxy groups -OCH3 is 1. The molecule has 33 heavy (non-hydrogen) atoms. The first kappa shape index (κ1) is 23.9. The van der Waals surface area contributed by atoms with E-state index in [-0.39, 0.29) is 0 Å². The third-order valence-corrected chi connectivity index (χ3v) is 8.88. The lowest BCUT2D eigenvalue weighted by Gasteiger charge is -2.29. The number of sulfonamides is 1. The number of nitrogens with zero attached hydrogens (tertiary/aromatic N) is 3. The molecule has 0 atom stereocenters. The summed E-state index contributed by atoms with van der Waals surface area (Å²) in [7, 11) is -1.77. The lowest BCUT2D eigenvalue weighted by atomic mass is 10.0. The minimum absolute atomic E-state index is 0.351. The summed E-state index contributed by atoms with van der Waals surface area (Å²) in [5.74, 6) is 0.583. The molecule has 1 saturated heterocycles. The van der Waals surface area contributed by atoms with Crippen LogP contribution in [0.4, 0.5) is 5.69 Å². The van der Waals surface area contributed by atoms with Crippen molar-refractivity contribution in [3.8, 4) is 11.3 Å². The van der Waals surface area contributed by atoms with E-state index in [1.54, 1.807) is 34.9 Å². The summed E-state index contributed by atoms with van der Waals surface area (Å²) in [5.41, 5.74) is 4.05. The van der Waals surface area contributed by atoms with Crippen LogP contribution in [0.3, 0.4) is 0 Å². The van der Waals surface area contributed by atoms with Crippen molar-refractivity contribution in [3.63, 3.8) is 0 Å². The van der Waals surface area contributed by atoms with Gasteiger partial charge < -0.3 is 9.30 Å². The van der Waals surface area contributed by atoms with E-state index in [4.69, 9.17) is 9.73 Å². The van der Waals surface area contributed by atoms with Crippen molar-refractivity contribution in [2.24, 2.45) is 10.9 Å². The molecule has 1 aromatic heterocycles. The Labute approximate surface area is 200 Å². The molecule has 3 aromatic rings. The van der Waals surface area contributed by atoms with Crippen molar-refractivity contribution in [3.05, 3.63) is 64.3 Å². The molecule has 0 aliphatic carbocycles. The van der Waals surface area contributed by atoms with Gasteiger partial charge in [-0.05, 0) is 55.5 Å². The average molecular weight is 486 g/mol. The molecule has 0 bridgehead atoms. The molecular formula is C25H31N3O3S2. The fourth-order valence-corrected chi connectivity index (χ4v) is 6.37. The van der Waals surface area contributed by atoms with Gasteiger partial charge >= 0.3 is 0 Å². The quantitative estimate of drug-likeness (QED) is 0.482. The summed E-state index contributed by atoms with van der Waals surface area (Å²) in [5, 5.41) is 2.07. The zero-order valence-electron chi connectivity index (χ0n) is 19.4. The highest BCUT2D eigenvalue weighted by Crippen LogP contribution is 2.27. The highest BCUT2D eigenvalue weighted by Gasteiger charge is 2.28. The predicted octanol–water partition coefficient (Wildman–Crippen LogP) is 4.82. The summed E-state index contributed by atoms with van der Waals surface area (Å²) in [4.78, 5) is 6.06. The van der Waals surface area contributed by atoms with Gasteiger partial charge in [0.25, 0.3) is 0 Å². The lowest BCUT2D eigenvalue weighted by Crippen LogP contribution is -2.37. The zero-order valence-corrected chi connectivity index (χ0v) is 21.0. The van der Waals surface area contributed by atoms with Gasteiger partial charge in [-0.25, -0.2) is 13.4 Å². The molecular weight excluding hydrogens is 454 g/mol. The molecule has 2 heterocycles. The first-order valence-corrected chi connectivity index (χ1v) is 13.6. The molecule has 0 saturated carbocycles. The molecule has 1 fully saturated rings. The third-order valence-electron chi connectivity index (χ3n) is 6.11. The summed E-state index contributed by atoms with van der Waals surface area (Å²) in [6.07, 6.45) is 1.83. The van der Waals surface area contributed by atoms with Gasteiger partial charge in [0.15, 0.2) is 4.80 Å². The maximum atomic E-state index is 13.1. The zero-order chi connectivity index (χ0) is 23.4. The van der Waals surface area contributed by atoms with Crippen molar-refractivity contribution >= 4 is 27.0 Å². The molecule has 1 aliphatic heterocycles. The first-order valence-electron chi connectivity index (χ1n) is 11.3. The van der Waals surface area contributed by atoms with Crippen LogP contribution in [0.1, 0.15) is 25.3 Å². The molecule has 8 heteroatoms. The highest BCUT2D eigenvalue weighted by atomic mass is 32.2. The van der Waals surface area contributed by atoms with E-state index in [2.05, 4.69) is 35.9 Å². The molecule has 0 N–H and O–H groups in total. The summed E-state index contributed by atoms with van der Waals surface area (Å²) >= 11 is 1.57. The molecule has 0 spiro atoms. The Morgan fingerprint density at radius 3 is 2.36 bits per heavy atom. The van der Waals surface area contributed by atoms with Gasteiger partial charge in [0.1, 0.15) is 0 Å². The number of ether oxygens (including phenoxy) is 1. The van der Waals surface area contributed by atoms with Crippen LogP contribution in [-0.2, 0) is 21.3 Å².